The first-order valence-electron chi connectivity index (χ1n) is 6.27. The molecule has 4 N–H and O–H groups in total. The van der Waals surface area contributed by atoms with Crippen LogP contribution in [0.5, 0.6) is 0 Å². The summed E-state index contributed by atoms with van der Waals surface area (Å²) in [6.45, 7) is 3.49. The third-order valence-corrected chi connectivity index (χ3v) is 2.93. The van der Waals surface area contributed by atoms with E-state index in [1.54, 1.807) is 26.0 Å². The summed E-state index contributed by atoms with van der Waals surface area (Å²) in [4.78, 5) is 32.8. The molecule has 1 aromatic rings. The SMILES string of the molecule is CC(C)(CNC(=O)NCc1cccc([N+](=O)[O-])c1)C(N)=O. The van der Waals surface area contributed by atoms with E-state index in [-0.39, 0.29) is 18.8 Å². The first kappa shape index (κ1) is 16.4. The van der Waals surface area contributed by atoms with Gasteiger partial charge in [-0.05, 0) is 19.4 Å². The number of nitro benzene ring substituents is 1. The maximum Gasteiger partial charge on any atom is 0.315 e. The highest BCUT2D eigenvalue weighted by molar-refractivity contribution is 5.81. The molecule has 21 heavy (non-hydrogen) atoms. The minimum atomic E-state index is -0.844. The van der Waals surface area contributed by atoms with Crippen molar-refractivity contribution in [2.45, 2.75) is 20.4 Å². The number of non-ortho nitro benzene ring substituents is 1. The van der Waals surface area contributed by atoms with Gasteiger partial charge in [0.05, 0.1) is 10.3 Å². The van der Waals surface area contributed by atoms with Gasteiger partial charge in [-0.3, -0.25) is 14.9 Å². The maximum atomic E-state index is 11.6. The molecule has 8 heteroatoms. The van der Waals surface area contributed by atoms with Crippen molar-refractivity contribution in [2.75, 3.05) is 6.54 Å². The standard InChI is InChI=1S/C13H18N4O4/c1-13(2,11(14)18)8-16-12(19)15-7-9-4-3-5-10(6-9)17(20)21/h3-6H,7-8H2,1-2H3,(H2,14,18)(H2,15,16,19). The van der Waals surface area contributed by atoms with Gasteiger partial charge in [-0.15, -0.1) is 0 Å². The summed E-state index contributed by atoms with van der Waals surface area (Å²) in [6, 6.07) is 5.49. The molecule has 0 aromatic heterocycles. The van der Waals surface area contributed by atoms with E-state index in [1.165, 1.54) is 12.1 Å². The highest BCUT2D eigenvalue weighted by Crippen LogP contribution is 2.13. The molecule has 114 valence electrons. The van der Waals surface area contributed by atoms with Gasteiger partial charge in [0.25, 0.3) is 5.69 Å². The number of benzene rings is 1. The number of carbonyl (C=O) groups excluding carboxylic acids is 2. The second kappa shape index (κ2) is 6.69. The van der Waals surface area contributed by atoms with Gasteiger partial charge in [0.15, 0.2) is 0 Å². The lowest BCUT2D eigenvalue weighted by Crippen LogP contribution is -2.45. The van der Waals surface area contributed by atoms with Crippen LogP contribution in [0.4, 0.5) is 10.5 Å². The average Bonchev–Trinajstić information content (AvgIpc) is 2.43. The van der Waals surface area contributed by atoms with Crippen LogP contribution in [0.3, 0.4) is 0 Å². The summed E-state index contributed by atoms with van der Waals surface area (Å²) < 4.78 is 0. The van der Waals surface area contributed by atoms with E-state index in [0.29, 0.717) is 5.56 Å². The van der Waals surface area contributed by atoms with Crippen LogP contribution in [0.15, 0.2) is 24.3 Å². The highest BCUT2D eigenvalue weighted by atomic mass is 16.6. The number of primary amides is 1. The van der Waals surface area contributed by atoms with Crippen LogP contribution in [-0.4, -0.2) is 23.4 Å². The molecule has 1 aromatic carbocycles. The van der Waals surface area contributed by atoms with E-state index in [0.717, 1.165) is 0 Å². The Hall–Kier alpha value is -2.64. The van der Waals surface area contributed by atoms with Gasteiger partial charge < -0.3 is 16.4 Å². The quantitative estimate of drug-likeness (QED) is 0.532. The molecular weight excluding hydrogens is 276 g/mol. The Morgan fingerprint density at radius 1 is 1.33 bits per heavy atom. The predicted octanol–water partition coefficient (Wildman–Crippen LogP) is 0.905. The van der Waals surface area contributed by atoms with Gasteiger partial charge in [0.2, 0.25) is 5.91 Å². The smallest absolute Gasteiger partial charge is 0.315 e. The summed E-state index contributed by atoms with van der Waals surface area (Å²) in [5.41, 5.74) is 4.92. The fourth-order valence-electron chi connectivity index (χ4n) is 1.41. The Morgan fingerprint density at radius 3 is 2.57 bits per heavy atom. The summed E-state index contributed by atoms with van der Waals surface area (Å²) in [6.07, 6.45) is 0. The van der Waals surface area contributed by atoms with Crippen LogP contribution >= 0.6 is 0 Å². The van der Waals surface area contributed by atoms with Crippen molar-refractivity contribution in [1.82, 2.24) is 10.6 Å². The van der Waals surface area contributed by atoms with E-state index in [4.69, 9.17) is 5.73 Å². The average molecular weight is 294 g/mol. The second-order valence-electron chi connectivity index (χ2n) is 5.21. The lowest BCUT2D eigenvalue weighted by molar-refractivity contribution is -0.384. The fraction of sp³-hybridized carbons (Fsp3) is 0.385. The van der Waals surface area contributed by atoms with Crippen molar-refractivity contribution in [3.63, 3.8) is 0 Å². The van der Waals surface area contributed by atoms with E-state index >= 15 is 0 Å². The number of nitrogens with zero attached hydrogens (tertiary/aromatic N) is 1. The first-order chi connectivity index (χ1) is 9.72. The topological polar surface area (TPSA) is 127 Å². The Kier molecular flexibility index (Phi) is 5.23. The van der Waals surface area contributed by atoms with E-state index < -0.39 is 22.3 Å². The summed E-state index contributed by atoms with van der Waals surface area (Å²) >= 11 is 0. The molecule has 3 amide bonds. The molecule has 0 saturated heterocycles. The van der Waals surface area contributed by atoms with Crippen LogP contribution in [0.1, 0.15) is 19.4 Å². The number of hydrogen-bond donors (Lipinski definition) is 3. The molecule has 0 atom stereocenters. The van der Waals surface area contributed by atoms with Crippen molar-refractivity contribution in [3.8, 4) is 0 Å². The number of nitrogens with two attached hydrogens (primary N) is 1. The number of nitro groups is 1. The van der Waals surface area contributed by atoms with Gasteiger partial charge in [-0.1, -0.05) is 12.1 Å². The number of carbonyl (C=O) groups is 2. The lowest BCUT2D eigenvalue weighted by atomic mass is 9.93. The summed E-state index contributed by atoms with van der Waals surface area (Å²) in [7, 11) is 0. The van der Waals surface area contributed by atoms with Crippen molar-refractivity contribution in [2.24, 2.45) is 11.1 Å². The Balaban J connectivity index is 2.48. The first-order valence-corrected chi connectivity index (χ1v) is 6.27. The number of urea groups is 1. The minimum Gasteiger partial charge on any atom is -0.369 e. The van der Waals surface area contributed by atoms with Crippen LogP contribution in [-0.2, 0) is 11.3 Å². The number of nitrogens with one attached hydrogen (secondary N) is 2. The van der Waals surface area contributed by atoms with Gasteiger partial charge in [0.1, 0.15) is 0 Å². The molecule has 0 bridgehead atoms. The molecule has 0 heterocycles. The monoisotopic (exact) mass is 294 g/mol. The molecule has 0 aliphatic carbocycles. The van der Waals surface area contributed by atoms with E-state index in [1.807, 2.05) is 0 Å². The van der Waals surface area contributed by atoms with Gasteiger partial charge in [0, 0.05) is 25.2 Å². The fourth-order valence-corrected chi connectivity index (χ4v) is 1.41. The highest BCUT2D eigenvalue weighted by Gasteiger charge is 2.25. The molecule has 0 saturated carbocycles. The molecule has 0 unspecified atom stereocenters. The third-order valence-electron chi connectivity index (χ3n) is 2.93. The maximum absolute atomic E-state index is 11.6. The Morgan fingerprint density at radius 2 is 2.00 bits per heavy atom. The number of rotatable bonds is 6. The third kappa shape index (κ3) is 5.09. The summed E-state index contributed by atoms with van der Waals surface area (Å²) in [5, 5.41) is 15.7. The molecular formula is C13H18N4O4. The zero-order valence-corrected chi connectivity index (χ0v) is 11.9. The normalized spacial score (nSPS) is 10.8. The molecule has 0 aliphatic rings. The van der Waals surface area contributed by atoms with Crippen LogP contribution < -0.4 is 16.4 Å². The molecule has 1 rings (SSSR count). The van der Waals surface area contributed by atoms with Crippen molar-refractivity contribution < 1.29 is 14.5 Å². The predicted molar refractivity (Wildman–Crippen MR) is 76.3 cm³/mol. The molecule has 0 aliphatic heterocycles. The van der Waals surface area contributed by atoms with Crippen LogP contribution in [0.25, 0.3) is 0 Å². The largest absolute Gasteiger partial charge is 0.369 e. The molecule has 0 fully saturated rings. The Labute approximate surface area is 121 Å². The molecule has 0 radical (unpaired) electrons. The number of hydrogen-bond acceptors (Lipinski definition) is 4. The van der Waals surface area contributed by atoms with Crippen LogP contribution in [0.2, 0.25) is 0 Å². The van der Waals surface area contributed by atoms with E-state index in [9.17, 15) is 19.7 Å². The lowest BCUT2D eigenvalue weighted by Gasteiger charge is -2.20. The number of amides is 3. The van der Waals surface area contributed by atoms with E-state index in [2.05, 4.69) is 10.6 Å². The Bertz CT molecular complexity index is 557. The molecule has 0 spiro atoms. The van der Waals surface area contributed by atoms with Crippen LogP contribution in [0, 0.1) is 15.5 Å². The van der Waals surface area contributed by atoms with Crippen molar-refractivity contribution >= 4 is 17.6 Å². The van der Waals surface area contributed by atoms with Gasteiger partial charge in [-0.2, -0.15) is 0 Å². The second-order valence-corrected chi connectivity index (χ2v) is 5.21. The molecule has 8 nitrogen and oxygen atoms in total. The minimum absolute atomic E-state index is 0.0374. The zero-order chi connectivity index (χ0) is 16.0. The van der Waals surface area contributed by atoms with Gasteiger partial charge in [-0.25, -0.2) is 4.79 Å². The van der Waals surface area contributed by atoms with Crippen molar-refractivity contribution in [1.29, 1.82) is 0 Å². The van der Waals surface area contributed by atoms with Gasteiger partial charge >= 0.3 is 6.03 Å². The summed E-state index contributed by atoms with van der Waals surface area (Å²) in [5.74, 6) is -0.513. The van der Waals surface area contributed by atoms with Crippen molar-refractivity contribution in [3.05, 3.63) is 39.9 Å². The zero-order valence-electron chi connectivity index (χ0n) is 11.9.